The lowest BCUT2D eigenvalue weighted by atomic mass is 10.0. The zero-order valence-corrected chi connectivity index (χ0v) is 17.2. The van der Waals surface area contributed by atoms with Crippen molar-refractivity contribution in [2.45, 2.75) is 33.6 Å². The van der Waals surface area contributed by atoms with Gasteiger partial charge in [-0.3, -0.25) is 9.89 Å². The Balaban J connectivity index is 0.00000441. The molecule has 0 unspecified atom stereocenters. The molecular formula is C16H36IN5. The number of aliphatic imine (C=N–C) groups is 1. The molecule has 22 heavy (non-hydrogen) atoms. The van der Waals surface area contributed by atoms with Crippen LogP contribution in [0.15, 0.2) is 4.99 Å². The van der Waals surface area contributed by atoms with E-state index in [0.717, 1.165) is 31.5 Å². The Morgan fingerprint density at radius 1 is 1.00 bits per heavy atom. The van der Waals surface area contributed by atoms with Crippen molar-refractivity contribution in [2.24, 2.45) is 10.9 Å². The molecule has 1 fully saturated rings. The molecule has 0 aromatic rings. The molecule has 6 heteroatoms. The van der Waals surface area contributed by atoms with Crippen molar-refractivity contribution in [2.75, 3.05) is 59.4 Å². The highest BCUT2D eigenvalue weighted by Crippen LogP contribution is 2.04. The van der Waals surface area contributed by atoms with Gasteiger partial charge in [-0.25, -0.2) is 0 Å². The summed E-state index contributed by atoms with van der Waals surface area (Å²) in [5.74, 6) is 1.68. The molecule has 0 atom stereocenters. The molecule has 1 saturated heterocycles. The zero-order valence-electron chi connectivity index (χ0n) is 14.9. The largest absolute Gasteiger partial charge is 0.356 e. The summed E-state index contributed by atoms with van der Waals surface area (Å²) in [5, 5.41) is 6.87. The minimum Gasteiger partial charge on any atom is -0.356 e. The molecule has 5 nitrogen and oxygen atoms in total. The van der Waals surface area contributed by atoms with Crippen molar-refractivity contribution >= 4 is 29.9 Å². The molecule has 0 saturated carbocycles. The minimum absolute atomic E-state index is 0. The second-order valence-electron chi connectivity index (χ2n) is 5.84. The highest BCUT2D eigenvalue weighted by molar-refractivity contribution is 14.0. The first kappa shape index (κ1) is 21.9. The molecule has 0 radical (unpaired) electrons. The van der Waals surface area contributed by atoms with Crippen LogP contribution < -0.4 is 10.6 Å². The standard InChI is InChI=1S/C16H35N5.HI/c1-5-15(6-2)14-19-16(17-4)18-8-9-21-12-10-20(7-3)11-13-21;/h15H,5-14H2,1-4H3,(H2,17,18,19);1H. The summed E-state index contributed by atoms with van der Waals surface area (Å²) in [7, 11) is 1.85. The molecule has 2 N–H and O–H groups in total. The first-order chi connectivity index (χ1) is 10.2. The molecular weight excluding hydrogens is 389 g/mol. The highest BCUT2D eigenvalue weighted by Gasteiger charge is 2.14. The number of piperazine rings is 1. The van der Waals surface area contributed by atoms with Gasteiger partial charge in [0.15, 0.2) is 5.96 Å². The molecule has 0 amide bonds. The second-order valence-corrected chi connectivity index (χ2v) is 5.84. The van der Waals surface area contributed by atoms with E-state index >= 15 is 0 Å². The van der Waals surface area contributed by atoms with Crippen LogP contribution in [0.2, 0.25) is 0 Å². The molecule has 0 aromatic heterocycles. The van der Waals surface area contributed by atoms with E-state index < -0.39 is 0 Å². The van der Waals surface area contributed by atoms with Crippen LogP contribution in [-0.4, -0.2) is 75.2 Å². The number of nitrogens with zero attached hydrogens (tertiary/aromatic N) is 3. The van der Waals surface area contributed by atoms with Crippen molar-refractivity contribution in [3.8, 4) is 0 Å². The lowest BCUT2D eigenvalue weighted by Crippen LogP contribution is -2.49. The van der Waals surface area contributed by atoms with Crippen molar-refractivity contribution in [1.29, 1.82) is 0 Å². The van der Waals surface area contributed by atoms with Gasteiger partial charge in [-0.2, -0.15) is 0 Å². The summed E-state index contributed by atoms with van der Waals surface area (Å²) in [4.78, 5) is 9.35. The van der Waals surface area contributed by atoms with Gasteiger partial charge in [0, 0.05) is 52.9 Å². The fourth-order valence-electron chi connectivity index (χ4n) is 2.70. The highest BCUT2D eigenvalue weighted by atomic mass is 127. The van der Waals surface area contributed by atoms with Crippen LogP contribution in [0.3, 0.4) is 0 Å². The zero-order chi connectivity index (χ0) is 15.5. The Morgan fingerprint density at radius 2 is 1.59 bits per heavy atom. The molecule has 1 rings (SSSR count). The molecule has 132 valence electrons. The third kappa shape index (κ3) is 8.53. The summed E-state index contributed by atoms with van der Waals surface area (Å²) in [5.41, 5.74) is 0. The molecule has 1 heterocycles. The second kappa shape index (κ2) is 13.4. The molecule has 0 aliphatic carbocycles. The predicted molar refractivity (Wildman–Crippen MR) is 107 cm³/mol. The molecule has 1 aliphatic rings. The van der Waals surface area contributed by atoms with E-state index in [-0.39, 0.29) is 24.0 Å². The van der Waals surface area contributed by atoms with Crippen molar-refractivity contribution in [3.63, 3.8) is 0 Å². The van der Waals surface area contributed by atoms with Crippen molar-refractivity contribution in [3.05, 3.63) is 0 Å². The molecule has 0 spiro atoms. The van der Waals surface area contributed by atoms with E-state index in [1.807, 2.05) is 7.05 Å². The molecule has 1 aliphatic heterocycles. The number of hydrogen-bond donors (Lipinski definition) is 2. The summed E-state index contributed by atoms with van der Waals surface area (Å²) in [6, 6.07) is 0. The number of rotatable bonds is 8. The third-order valence-electron chi connectivity index (χ3n) is 4.57. The summed E-state index contributed by atoms with van der Waals surface area (Å²) in [6.07, 6.45) is 2.45. The van der Waals surface area contributed by atoms with Crippen LogP contribution in [0.25, 0.3) is 0 Å². The van der Waals surface area contributed by atoms with Crippen molar-refractivity contribution in [1.82, 2.24) is 20.4 Å². The summed E-state index contributed by atoms with van der Waals surface area (Å²) in [6.45, 7) is 15.8. The van der Waals surface area contributed by atoms with Gasteiger partial charge in [0.1, 0.15) is 0 Å². The first-order valence-electron chi connectivity index (χ1n) is 8.62. The number of likely N-dealkylation sites (N-methyl/N-ethyl adjacent to an activating group) is 1. The van der Waals surface area contributed by atoms with Gasteiger partial charge in [-0.15, -0.1) is 24.0 Å². The predicted octanol–water partition coefficient (Wildman–Crippen LogP) is 1.84. The van der Waals surface area contributed by atoms with E-state index in [2.05, 4.69) is 46.2 Å². The molecule has 0 bridgehead atoms. The normalized spacial score (nSPS) is 17.4. The fraction of sp³-hybridized carbons (Fsp3) is 0.938. The monoisotopic (exact) mass is 425 g/mol. The van der Waals surface area contributed by atoms with Gasteiger partial charge in [-0.1, -0.05) is 33.6 Å². The number of hydrogen-bond acceptors (Lipinski definition) is 3. The molecule has 0 aromatic carbocycles. The first-order valence-corrected chi connectivity index (χ1v) is 8.62. The van der Waals surface area contributed by atoms with E-state index in [4.69, 9.17) is 0 Å². The minimum atomic E-state index is 0. The SMILES string of the molecule is CCC(CC)CNC(=NC)NCCN1CCN(CC)CC1.I. The fourth-order valence-corrected chi connectivity index (χ4v) is 2.70. The van der Waals surface area contributed by atoms with Crippen LogP contribution in [0.5, 0.6) is 0 Å². The van der Waals surface area contributed by atoms with Crippen LogP contribution >= 0.6 is 24.0 Å². The van der Waals surface area contributed by atoms with E-state index in [9.17, 15) is 0 Å². The van der Waals surface area contributed by atoms with Gasteiger partial charge < -0.3 is 15.5 Å². The Morgan fingerprint density at radius 3 is 2.09 bits per heavy atom. The third-order valence-corrected chi connectivity index (χ3v) is 4.57. The van der Waals surface area contributed by atoms with Crippen LogP contribution in [0, 0.1) is 5.92 Å². The Hall–Kier alpha value is -0.0800. The maximum Gasteiger partial charge on any atom is 0.191 e. The number of guanidine groups is 1. The quantitative estimate of drug-likeness (QED) is 0.354. The van der Waals surface area contributed by atoms with Crippen LogP contribution in [0.4, 0.5) is 0 Å². The summed E-state index contributed by atoms with van der Waals surface area (Å²) < 4.78 is 0. The Kier molecular flexibility index (Phi) is 13.3. The van der Waals surface area contributed by atoms with Gasteiger partial charge in [0.05, 0.1) is 0 Å². The summed E-state index contributed by atoms with van der Waals surface area (Å²) >= 11 is 0. The van der Waals surface area contributed by atoms with Crippen LogP contribution in [0.1, 0.15) is 33.6 Å². The van der Waals surface area contributed by atoms with Gasteiger partial charge in [0.25, 0.3) is 0 Å². The van der Waals surface area contributed by atoms with Crippen molar-refractivity contribution < 1.29 is 0 Å². The number of nitrogens with one attached hydrogen (secondary N) is 2. The number of halogens is 1. The van der Waals surface area contributed by atoms with E-state index in [0.29, 0.717) is 0 Å². The Labute approximate surface area is 154 Å². The maximum atomic E-state index is 4.30. The maximum absolute atomic E-state index is 4.30. The average molecular weight is 425 g/mol. The van der Waals surface area contributed by atoms with E-state index in [1.165, 1.54) is 45.6 Å². The van der Waals surface area contributed by atoms with Gasteiger partial charge in [-0.05, 0) is 12.5 Å². The smallest absolute Gasteiger partial charge is 0.191 e. The van der Waals surface area contributed by atoms with Gasteiger partial charge >= 0.3 is 0 Å². The van der Waals surface area contributed by atoms with Crippen LogP contribution in [-0.2, 0) is 0 Å². The van der Waals surface area contributed by atoms with E-state index in [1.54, 1.807) is 0 Å². The average Bonchev–Trinajstić information content (AvgIpc) is 2.54. The lowest BCUT2D eigenvalue weighted by molar-refractivity contribution is 0.139. The Bertz CT molecular complexity index is 286. The topological polar surface area (TPSA) is 42.9 Å². The van der Waals surface area contributed by atoms with Gasteiger partial charge in [0.2, 0.25) is 0 Å². The lowest BCUT2D eigenvalue weighted by Gasteiger charge is -2.34.